The van der Waals surface area contributed by atoms with Crippen molar-refractivity contribution in [3.8, 4) is 0 Å². The highest BCUT2D eigenvalue weighted by Gasteiger charge is 2.15. The predicted molar refractivity (Wildman–Crippen MR) is 80.5 cm³/mol. The van der Waals surface area contributed by atoms with Crippen LogP contribution in [-0.2, 0) is 4.74 Å². The van der Waals surface area contributed by atoms with Crippen LogP contribution in [-0.4, -0.2) is 24.1 Å². The fourth-order valence-corrected chi connectivity index (χ4v) is 1.83. The number of pyridine rings is 1. The molecule has 0 saturated carbocycles. The molecule has 0 spiro atoms. The third-order valence-corrected chi connectivity index (χ3v) is 2.95. The summed E-state index contributed by atoms with van der Waals surface area (Å²) in [4.78, 5) is 16.1. The van der Waals surface area contributed by atoms with Gasteiger partial charge in [0.25, 0.3) is 0 Å². The fourth-order valence-electron chi connectivity index (χ4n) is 1.50. The van der Waals surface area contributed by atoms with Gasteiger partial charge in [0.2, 0.25) is 0 Å². The van der Waals surface area contributed by atoms with E-state index in [2.05, 4.69) is 47.0 Å². The Kier molecular flexibility index (Phi) is 5.79. The summed E-state index contributed by atoms with van der Waals surface area (Å²) in [6, 6.07) is 1.73. The van der Waals surface area contributed by atoms with Crippen molar-refractivity contribution in [3.63, 3.8) is 0 Å². The largest absolute Gasteiger partial charge is 0.462 e. The number of ether oxygens (including phenoxy) is 1. The van der Waals surface area contributed by atoms with Crippen LogP contribution in [0, 0.1) is 5.41 Å². The Hall–Kier alpha value is -1.10. The number of nitrogens with zero attached hydrogens (tertiary/aromatic N) is 1. The van der Waals surface area contributed by atoms with Gasteiger partial charge in [0, 0.05) is 17.2 Å². The molecule has 0 fully saturated rings. The molecule has 0 aliphatic carbocycles. The summed E-state index contributed by atoms with van der Waals surface area (Å²) < 4.78 is 5.79. The summed E-state index contributed by atoms with van der Waals surface area (Å²) in [5.41, 5.74) is 0.706. The van der Waals surface area contributed by atoms with Gasteiger partial charge in [-0.15, -0.1) is 0 Å². The first-order valence-electron chi connectivity index (χ1n) is 6.40. The van der Waals surface area contributed by atoms with Crippen LogP contribution in [0.25, 0.3) is 0 Å². The maximum atomic E-state index is 11.9. The van der Waals surface area contributed by atoms with E-state index in [9.17, 15) is 4.79 Å². The van der Waals surface area contributed by atoms with Crippen molar-refractivity contribution in [2.24, 2.45) is 5.41 Å². The molecule has 0 saturated heterocycles. The predicted octanol–water partition coefficient (Wildman–Crippen LogP) is 3.87. The molecule has 1 rings (SSSR count). The Bertz CT molecular complexity index is 442. The molecule has 4 nitrogen and oxygen atoms in total. The monoisotopic (exact) mass is 328 g/mol. The number of aromatic nitrogens is 1. The standard InChI is InChI=1S/C14H21BrN2O2/c1-5-19-13(18)11-8-10(15)9-17-12(11)16-7-6-14(2,3)4/h8-9H,5-7H2,1-4H3,(H,16,17). The second-order valence-electron chi connectivity index (χ2n) is 5.51. The molecular formula is C14H21BrN2O2. The Morgan fingerprint density at radius 3 is 2.74 bits per heavy atom. The van der Waals surface area contributed by atoms with E-state index < -0.39 is 0 Å². The van der Waals surface area contributed by atoms with Crippen LogP contribution in [0.3, 0.4) is 0 Å². The van der Waals surface area contributed by atoms with Gasteiger partial charge in [-0.3, -0.25) is 0 Å². The normalized spacial score (nSPS) is 11.2. The third-order valence-electron chi connectivity index (χ3n) is 2.52. The maximum Gasteiger partial charge on any atom is 0.341 e. The van der Waals surface area contributed by atoms with Crippen LogP contribution in [0.15, 0.2) is 16.7 Å². The molecule has 1 heterocycles. The molecule has 0 atom stereocenters. The van der Waals surface area contributed by atoms with Gasteiger partial charge in [-0.25, -0.2) is 9.78 Å². The van der Waals surface area contributed by atoms with Crippen LogP contribution >= 0.6 is 15.9 Å². The summed E-state index contributed by atoms with van der Waals surface area (Å²) >= 11 is 3.32. The lowest BCUT2D eigenvalue weighted by atomic mass is 9.92. The fraction of sp³-hybridized carbons (Fsp3) is 0.571. The van der Waals surface area contributed by atoms with E-state index in [1.165, 1.54) is 0 Å². The lowest BCUT2D eigenvalue weighted by molar-refractivity contribution is 0.0527. The Morgan fingerprint density at radius 2 is 2.16 bits per heavy atom. The molecular weight excluding hydrogens is 308 g/mol. The van der Waals surface area contributed by atoms with Crippen LogP contribution in [0.5, 0.6) is 0 Å². The van der Waals surface area contributed by atoms with Crippen LogP contribution < -0.4 is 5.32 Å². The Balaban J connectivity index is 2.79. The molecule has 5 heteroatoms. The molecule has 0 unspecified atom stereocenters. The molecule has 19 heavy (non-hydrogen) atoms. The second-order valence-corrected chi connectivity index (χ2v) is 6.42. The minimum atomic E-state index is -0.352. The minimum Gasteiger partial charge on any atom is -0.462 e. The number of nitrogens with one attached hydrogen (secondary N) is 1. The first-order valence-corrected chi connectivity index (χ1v) is 7.19. The van der Waals surface area contributed by atoms with Gasteiger partial charge < -0.3 is 10.1 Å². The highest BCUT2D eigenvalue weighted by molar-refractivity contribution is 9.10. The van der Waals surface area contributed by atoms with Gasteiger partial charge in [0.1, 0.15) is 11.4 Å². The average Bonchev–Trinajstić information content (AvgIpc) is 2.29. The number of anilines is 1. The zero-order valence-corrected chi connectivity index (χ0v) is 13.5. The van der Waals surface area contributed by atoms with E-state index in [-0.39, 0.29) is 11.4 Å². The van der Waals surface area contributed by atoms with Crippen LogP contribution in [0.2, 0.25) is 0 Å². The van der Waals surface area contributed by atoms with Crippen molar-refractivity contribution >= 4 is 27.7 Å². The van der Waals surface area contributed by atoms with Gasteiger partial charge in [-0.05, 0) is 40.8 Å². The van der Waals surface area contributed by atoms with Gasteiger partial charge in [-0.1, -0.05) is 20.8 Å². The minimum absolute atomic E-state index is 0.243. The summed E-state index contributed by atoms with van der Waals surface area (Å²) in [5.74, 6) is 0.223. The number of hydrogen-bond donors (Lipinski definition) is 1. The maximum absolute atomic E-state index is 11.9. The van der Waals surface area contributed by atoms with E-state index in [1.54, 1.807) is 19.2 Å². The van der Waals surface area contributed by atoms with Gasteiger partial charge >= 0.3 is 5.97 Å². The first-order chi connectivity index (χ1) is 8.83. The van der Waals surface area contributed by atoms with Crippen molar-refractivity contribution in [2.75, 3.05) is 18.5 Å². The van der Waals surface area contributed by atoms with Crippen LogP contribution in [0.1, 0.15) is 44.5 Å². The lowest BCUT2D eigenvalue weighted by Gasteiger charge is -2.19. The summed E-state index contributed by atoms with van der Waals surface area (Å²) in [6.07, 6.45) is 2.66. The van der Waals surface area contributed by atoms with Crippen molar-refractivity contribution in [1.29, 1.82) is 0 Å². The van der Waals surface area contributed by atoms with Crippen molar-refractivity contribution in [1.82, 2.24) is 4.98 Å². The number of rotatable bonds is 5. The average molecular weight is 329 g/mol. The summed E-state index contributed by atoms with van der Waals surface area (Å²) in [7, 11) is 0. The molecule has 0 aromatic carbocycles. The zero-order chi connectivity index (χ0) is 14.5. The molecule has 1 aromatic heterocycles. The second kappa shape index (κ2) is 6.89. The van der Waals surface area contributed by atoms with Crippen molar-refractivity contribution < 1.29 is 9.53 Å². The molecule has 1 aromatic rings. The number of hydrogen-bond acceptors (Lipinski definition) is 4. The molecule has 0 aliphatic rings. The topological polar surface area (TPSA) is 51.2 Å². The quantitative estimate of drug-likeness (QED) is 0.833. The molecule has 0 amide bonds. The van der Waals surface area contributed by atoms with Gasteiger partial charge in [0.05, 0.1) is 6.61 Å². The van der Waals surface area contributed by atoms with E-state index in [0.29, 0.717) is 18.0 Å². The summed E-state index contributed by atoms with van der Waals surface area (Å²) in [6.45, 7) is 9.44. The number of carbonyl (C=O) groups is 1. The van der Waals surface area contributed by atoms with E-state index in [4.69, 9.17) is 4.74 Å². The Labute approximate surface area is 123 Å². The zero-order valence-electron chi connectivity index (χ0n) is 11.9. The third kappa shape index (κ3) is 5.59. The van der Waals surface area contributed by atoms with Crippen LogP contribution in [0.4, 0.5) is 5.82 Å². The molecule has 0 radical (unpaired) electrons. The molecule has 0 bridgehead atoms. The highest BCUT2D eigenvalue weighted by atomic mass is 79.9. The summed E-state index contributed by atoms with van der Waals surface area (Å²) in [5, 5.41) is 3.20. The van der Waals surface area contributed by atoms with E-state index in [0.717, 1.165) is 17.4 Å². The highest BCUT2D eigenvalue weighted by Crippen LogP contribution is 2.21. The first kappa shape index (κ1) is 16.0. The van der Waals surface area contributed by atoms with E-state index >= 15 is 0 Å². The van der Waals surface area contributed by atoms with Gasteiger partial charge in [0.15, 0.2) is 0 Å². The number of carbonyl (C=O) groups excluding carboxylic acids is 1. The number of esters is 1. The molecule has 1 N–H and O–H groups in total. The number of halogens is 1. The lowest BCUT2D eigenvalue weighted by Crippen LogP contribution is -2.16. The van der Waals surface area contributed by atoms with E-state index in [1.807, 2.05) is 0 Å². The molecule has 106 valence electrons. The van der Waals surface area contributed by atoms with Crippen molar-refractivity contribution in [3.05, 3.63) is 22.3 Å². The molecule has 0 aliphatic heterocycles. The smallest absolute Gasteiger partial charge is 0.341 e. The van der Waals surface area contributed by atoms with Crippen molar-refractivity contribution in [2.45, 2.75) is 34.1 Å². The van der Waals surface area contributed by atoms with Gasteiger partial charge in [-0.2, -0.15) is 0 Å². The Morgan fingerprint density at radius 1 is 1.47 bits per heavy atom. The SMILES string of the molecule is CCOC(=O)c1cc(Br)cnc1NCCC(C)(C)C.